The molecular formula is C17H26N2O3. The van der Waals surface area contributed by atoms with Crippen LogP contribution in [0.3, 0.4) is 0 Å². The van der Waals surface area contributed by atoms with Crippen LogP contribution in [0.25, 0.3) is 0 Å². The van der Waals surface area contributed by atoms with Gasteiger partial charge < -0.3 is 20.4 Å². The number of aromatic hydroxyl groups is 1. The standard InChI is InChI=1S/C17H26N2O3/c1-13-6-8-19(9-7-13)12-15(20)11-18-17(22)10-14-4-2-3-5-16(14)21/h2-5,13,15,20-21H,6-12H2,1H3,(H,18,22)/t15-/m1/s1. The number of nitrogens with one attached hydrogen (secondary N) is 1. The number of hydrogen-bond donors (Lipinski definition) is 3. The zero-order valence-electron chi connectivity index (χ0n) is 13.2. The monoisotopic (exact) mass is 306 g/mol. The van der Waals surface area contributed by atoms with Gasteiger partial charge in [0.05, 0.1) is 12.5 Å². The van der Waals surface area contributed by atoms with Crippen LogP contribution < -0.4 is 5.32 Å². The maximum absolute atomic E-state index is 11.9. The summed E-state index contributed by atoms with van der Waals surface area (Å²) in [5, 5.41) is 22.4. The van der Waals surface area contributed by atoms with Crippen molar-refractivity contribution in [2.45, 2.75) is 32.3 Å². The molecule has 0 aliphatic carbocycles. The fraction of sp³-hybridized carbons (Fsp3) is 0.588. The van der Waals surface area contributed by atoms with E-state index in [-0.39, 0.29) is 24.6 Å². The number of piperidine rings is 1. The zero-order valence-corrected chi connectivity index (χ0v) is 13.2. The molecule has 1 aromatic rings. The first-order chi connectivity index (χ1) is 10.5. The lowest BCUT2D eigenvalue weighted by Crippen LogP contribution is -2.43. The molecule has 0 unspecified atom stereocenters. The molecule has 1 aliphatic rings. The van der Waals surface area contributed by atoms with Crippen LogP contribution in [-0.4, -0.2) is 53.3 Å². The van der Waals surface area contributed by atoms with Crippen LogP contribution >= 0.6 is 0 Å². The Morgan fingerprint density at radius 1 is 1.36 bits per heavy atom. The fourth-order valence-electron chi connectivity index (χ4n) is 2.73. The number of rotatable bonds is 6. The van der Waals surface area contributed by atoms with Crippen molar-refractivity contribution in [2.75, 3.05) is 26.2 Å². The molecule has 1 fully saturated rings. The first kappa shape index (κ1) is 16.8. The Bertz CT molecular complexity index is 485. The molecule has 22 heavy (non-hydrogen) atoms. The van der Waals surface area contributed by atoms with Crippen LogP contribution in [0.2, 0.25) is 0 Å². The van der Waals surface area contributed by atoms with E-state index >= 15 is 0 Å². The van der Waals surface area contributed by atoms with Crippen LogP contribution in [0.5, 0.6) is 5.75 Å². The van der Waals surface area contributed by atoms with Gasteiger partial charge in [0.15, 0.2) is 0 Å². The highest BCUT2D eigenvalue weighted by atomic mass is 16.3. The molecule has 2 rings (SSSR count). The van der Waals surface area contributed by atoms with Crippen molar-refractivity contribution in [3.8, 4) is 5.75 Å². The van der Waals surface area contributed by atoms with Crippen molar-refractivity contribution >= 4 is 5.91 Å². The molecule has 1 atom stereocenters. The first-order valence-corrected chi connectivity index (χ1v) is 7.98. The third-order valence-corrected chi connectivity index (χ3v) is 4.22. The summed E-state index contributed by atoms with van der Waals surface area (Å²) in [6.45, 7) is 5.14. The third-order valence-electron chi connectivity index (χ3n) is 4.22. The van der Waals surface area contributed by atoms with E-state index in [4.69, 9.17) is 0 Å². The normalized spacial score (nSPS) is 18.1. The Hall–Kier alpha value is -1.59. The Balaban J connectivity index is 1.68. The van der Waals surface area contributed by atoms with E-state index in [0.29, 0.717) is 12.1 Å². The van der Waals surface area contributed by atoms with E-state index in [2.05, 4.69) is 17.1 Å². The van der Waals surface area contributed by atoms with Crippen molar-refractivity contribution in [1.29, 1.82) is 0 Å². The number of benzene rings is 1. The number of nitrogens with zero attached hydrogens (tertiary/aromatic N) is 1. The van der Waals surface area contributed by atoms with Crippen molar-refractivity contribution in [3.63, 3.8) is 0 Å². The number of amides is 1. The smallest absolute Gasteiger partial charge is 0.224 e. The van der Waals surface area contributed by atoms with Gasteiger partial charge in [-0.05, 0) is 37.9 Å². The lowest BCUT2D eigenvalue weighted by molar-refractivity contribution is -0.121. The van der Waals surface area contributed by atoms with Crippen molar-refractivity contribution in [1.82, 2.24) is 10.2 Å². The average molecular weight is 306 g/mol. The van der Waals surface area contributed by atoms with E-state index in [1.807, 2.05) is 0 Å². The molecular weight excluding hydrogens is 280 g/mol. The van der Waals surface area contributed by atoms with Gasteiger partial charge in [-0.3, -0.25) is 4.79 Å². The van der Waals surface area contributed by atoms with Gasteiger partial charge in [0.25, 0.3) is 0 Å². The van der Waals surface area contributed by atoms with Gasteiger partial charge in [0.1, 0.15) is 5.75 Å². The van der Waals surface area contributed by atoms with E-state index in [1.54, 1.807) is 24.3 Å². The number of hydrogen-bond acceptors (Lipinski definition) is 4. The van der Waals surface area contributed by atoms with E-state index in [0.717, 1.165) is 19.0 Å². The number of aliphatic hydroxyl groups excluding tert-OH is 1. The molecule has 1 heterocycles. The minimum Gasteiger partial charge on any atom is -0.508 e. The second kappa shape index (κ2) is 8.15. The highest BCUT2D eigenvalue weighted by Gasteiger charge is 2.18. The molecule has 3 N–H and O–H groups in total. The van der Waals surface area contributed by atoms with Gasteiger partial charge in [0.2, 0.25) is 5.91 Å². The van der Waals surface area contributed by atoms with Gasteiger partial charge in [-0.2, -0.15) is 0 Å². The molecule has 1 amide bonds. The van der Waals surface area contributed by atoms with Gasteiger partial charge in [0, 0.05) is 18.7 Å². The Morgan fingerprint density at radius 2 is 2.05 bits per heavy atom. The van der Waals surface area contributed by atoms with Crippen LogP contribution in [0.15, 0.2) is 24.3 Å². The average Bonchev–Trinajstić information content (AvgIpc) is 2.50. The summed E-state index contributed by atoms with van der Waals surface area (Å²) in [4.78, 5) is 14.1. The topological polar surface area (TPSA) is 72.8 Å². The van der Waals surface area contributed by atoms with Crippen molar-refractivity contribution in [3.05, 3.63) is 29.8 Å². The number of para-hydroxylation sites is 1. The maximum atomic E-state index is 11.9. The van der Waals surface area contributed by atoms with Crippen molar-refractivity contribution in [2.24, 2.45) is 5.92 Å². The molecule has 5 heteroatoms. The molecule has 0 saturated carbocycles. The number of β-amino-alcohol motifs (C(OH)–C–C–N with tert-alkyl or cyclic N) is 1. The van der Waals surface area contributed by atoms with Crippen LogP contribution in [0.4, 0.5) is 0 Å². The number of aliphatic hydroxyl groups is 1. The minimum absolute atomic E-state index is 0.126. The summed E-state index contributed by atoms with van der Waals surface area (Å²) in [6.07, 6.45) is 1.92. The Kier molecular flexibility index (Phi) is 6.21. The molecule has 0 spiro atoms. The predicted octanol–water partition coefficient (Wildman–Crippen LogP) is 1.14. The maximum Gasteiger partial charge on any atom is 0.224 e. The lowest BCUT2D eigenvalue weighted by atomic mass is 9.99. The Morgan fingerprint density at radius 3 is 2.73 bits per heavy atom. The molecule has 122 valence electrons. The summed E-state index contributed by atoms with van der Waals surface area (Å²) < 4.78 is 0. The molecule has 1 saturated heterocycles. The van der Waals surface area contributed by atoms with Crippen LogP contribution in [-0.2, 0) is 11.2 Å². The van der Waals surface area contributed by atoms with E-state index in [9.17, 15) is 15.0 Å². The van der Waals surface area contributed by atoms with Gasteiger partial charge in [-0.1, -0.05) is 25.1 Å². The summed E-state index contributed by atoms with van der Waals surface area (Å²) in [5.74, 6) is 0.708. The molecule has 1 aliphatic heterocycles. The fourth-order valence-corrected chi connectivity index (χ4v) is 2.73. The molecule has 0 bridgehead atoms. The van der Waals surface area contributed by atoms with Gasteiger partial charge in [-0.15, -0.1) is 0 Å². The summed E-state index contributed by atoms with van der Waals surface area (Å²) in [7, 11) is 0. The number of carbonyl (C=O) groups is 1. The highest BCUT2D eigenvalue weighted by Crippen LogP contribution is 2.16. The largest absolute Gasteiger partial charge is 0.508 e. The summed E-state index contributed by atoms with van der Waals surface area (Å²) in [6, 6.07) is 6.80. The molecule has 0 radical (unpaired) electrons. The third kappa shape index (κ3) is 5.31. The Labute approximate surface area is 131 Å². The van der Waals surface area contributed by atoms with Gasteiger partial charge in [-0.25, -0.2) is 0 Å². The number of phenols is 1. The minimum atomic E-state index is -0.554. The number of phenolic OH excluding ortho intramolecular Hbond substituents is 1. The quantitative estimate of drug-likeness (QED) is 0.737. The second-order valence-corrected chi connectivity index (χ2v) is 6.25. The predicted molar refractivity (Wildman–Crippen MR) is 85.7 cm³/mol. The van der Waals surface area contributed by atoms with E-state index in [1.165, 1.54) is 12.8 Å². The molecule has 1 aromatic carbocycles. The summed E-state index contributed by atoms with van der Waals surface area (Å²) in [5.41, 5.74) is 0.597. The SMILES string of the molecule is CC1CCN(C[C@H](O)CNC(=O)Cc2ccccc2O)CC1. The lowest BCUT2D eigenvalue weighted by Gasteiger charge is -2.31. The second-order valence-electron chi connectivity index (χ2n) is 6.25. The number of likely N-dealkylation sites (tertiary alicyclic amines) is 1. The van der Waals surface area contributed by atoms with E-state index < -0.39 is 6.10 Å². The van der Waals surface area contributed by atoms with Gasteiger partial charge >= 0.3 is 0 Å². The van der Waals surface area contributed by atoms with Crippen molar-refractivity contribution < 1.29 is 15.0 Å². The van der Waals surface area contributed by atoms with Crippen LogP contribution in [0, 0.1) is 5.92 Å². The molecule has 0 aromatic heterocycles. The zero-order chi connectivity index (χ0) is 15.9. The van der Waals surface area contributed by atoms with Crippen LogP contribution in [0.1, 0.15) is 25.3 Å². The highest BCUT2D eigenvalue weighted by molar-refractivity contribution is 5.79. The summed E-state index contributed by atoms with van der Waals surface area (Å²) >= 11 is 0. The molecule has 5 nitrogen and oxygen atoms in total. The number of carbonyl (C=O) groups excluding carboxylic acids is 1. The first-order valence-electron chi connectivity index (χ1n) is 7.98.